The van der Waals surface area contributed by atoms with Crippen molar-refractivity contribution in [2.24, 2.45) is 0 Å². The summed E-state index contributed by atoms with van der Waals surface area (Å²) in [6, 6.07) is 20.0. The predicted molar refractivity (Wildman–Crippen MR) is 153 cm³/mol. The zero-order valence-electron chi connectivity index (χ0n) is 22.2. The van der Waals surface area contributed by atoms with Crippen molar-refractivity contribution in [3.63, 3.8) is 0 Å². The number of thiazole rings is 1. The van der Waals surface area contributed by atoms with Crippen LogP contribution in [0.15, 0.2) is 84.1 Å². The van der Waals surface area contributed by atoms with E-state index in [0.29, 0.717) is 45.8 Å². The molecule has 2 N–H and O–H groups in total. The summed E-state index contributed by atoms with van der Waals surface area (Å²) in [5, 5.41) is 22.2. The van der Waals surface area contributed by atoms with Gasteiger partial charge in [-0.3, -0.25) is 14.5 Å². The van der Waals surface area contributed by atoms with Crippen LogP contribution in [-0.4, -0.2) is 40.1 Å². The van der Waals surface area contributed by atoms with Crippen molar-refractivity contribution in [2.45, 2.75) is 26.8 Å². The molecular weight excluding hydrogens is 528 g/mol. The van der Waals surface area contributed by atoms with Gasteiger partial charge in [0.05, 0.1) is 35.4 Å². The Morgan fingerprint density at radius 1 is 0.975 bits per heavy atom. The summed E-state index contributed by atoms with van der Waals surface area (Å²) in [5.74, 6) is -1.09. The molecule has 0 saturated carbocycles. The summed E-state index contributed by atoms with van der Waals surface area (Å²) in [6.45, 7) is 6.18. The maximum Gasteiger partial charge on any atom is 0.294 e. The Balaban J connectivity index is 1.63. The molecule has 0 radical (unpaired) electrons. The number of benzene rings is 3. The molecule has 0 aliphatic carbocycles. The van der Waals surface area contributed by atoms with E-state index in [9.17, 15) is 19.8 Å². The zero-order chi connectivity index (χ0) is 28.4. The molecule has 9 heteroatoms. The molecule has 3 aromatic carbocycles. The van der Waals surface area contributed by atoms with E-state index >= 15 is 0 Å². The quantitative estimate of drug-likeness (QED) is 0.230. The normalized spacial score (nSPS) is 15.0. The number of phenolic OH excluding ortho intramolecular Hbond substituents is 1. The number of anilines is 1. The zero-order valence-corrected chi connectivity index (χ0v) is 23.1. The van der Waals surface area contributed by atoms with E-state index < -0.39 is 23.5 Å². The molecule has 1 unspecified atom stereocenters. The van der Waals surface area contributed by atoms with Gasteiger partial charge in [0.15, 0.2) is 17.3 Å². The van der Waals surface area contributed by atoms with Crippen LogP contribution in [0.5, 0.6) is 17.2 Å². The molecule has 0 bridgehead atoms. The lowest BCUT2D eigenvalue weighted by Crippen LogP contribution is -2.31. The molecule has 0 spiro atoms. The van der Waals surface area contributed by atoms with Crippen molar-refractivity contribution >= 4 is 28.7 Å². The number of hydrogen-bond donors (Lipinski definition) is 2. The Morgan fingerprint density at radius 3 is 2.35 bits per heavy atom. The standard InChI is InChI=1S/C31H28N2O6S/c1-4-38-22-14-12-21(13-15-22)33-26(20-11-16-23(34)24(17-20)39-5-2)25(28(36)31(33)37)27(35)29-18(3)32-30(40-29)19-9-7-6-8-10-19/h6-17,26,34,36H,4-5H2,1-3H3. The highest BCUT2D eigenvalue weighted by Crippen LogP contribution is 2.45. The molecule has 8 nitrogen and oxygen atoms in total. The number of aromatic nitrogens is 1. The van der Waals surface area contributed by atoms with Crippen molar-refractivity contribution in [3.8, 4) is 27.8 Å². The second kappa shape index (κ2) is 11.2. The van der Waals surface area contributed by atoms with E-state index in [1.165, 1.54) is 22.3 Å². The Bertz CT molecular complexity index is 1590. The van der Waals surface area contributed by atoms with Gasteiger partial charge < -0.3 is 19.7 Å². The van der Waals surface area contributed by atoms with E-state index in [1.807, 2.05) is 37.3 Å². The van der Waals surface area contributed by atoms with E-state index in [4.69, 9.17) is 9.47 Å². The lowest BCUT2D eigenvalue weighted by atomic mass is 9.94. The van der Waals surface area contributed by atoms with Crippen molar-refractivity contribution in [2.75, 3.05) is 18.1 Å². The number of rotatable bonds is 9. The molecule has 1 aliphatic rings. The van der Waals surface area contributed by atoms with Gasteiger partial charge in [-0.25, -0.2) is 4.98 Å². The lowest BCUT2D eigenvalue weighted by molar-refractivity contribution is -0.117. The number of ether oxygens (including phenoxy) is 2. The summed E-state index contributed by atoms with van der Waals surface area (Å²) < 4.78 is 11.1. The second-order valence-corrected chi connectivity index (χ2v) is 10.1. The van der Waals surface area contributed by atoms with E-state index in [2.05, 4.69) is 4.98 Å². The van der Waals surface area contributed by atoms with Crippen LogP contribution in [0.25, 0.3) is 10.6 Å². The van der Waals surface area contributed by atoms with E-state index in [-0.39, 0.29) is 17.1 Å². The minimum absolute atomic E-state index is 0.0709. The number of nitrogens with zero attached hydrogens (tertiary/aromatic N) is 2. The lowest BCUT2D eigenvalue weighted by Gasteiger charge is -2.27. The number of aromatic hydroxyl groups is 1. The number of ketones is 1. The molecule has 0 saturated heterocycles. The average molecular weight is 557 g/mol. The third-order valence-corrected chi connectivity index (χ3v) is 7.71. The van der Waals surface area contributed by atoms with Gasteiger partial charge in [0.2, 0.25) is 5.78 Å². The topological polar surface area (TPSA) is 109 Å². The number of aliphatic hydroxyl groups excluding tert-OH is 1. The van der Waals surface area contributed by atoms with Gasteiger partial charge in [0.25, 0.3) is 5.91 Å². The van der Waals surface area contributed by atoms with Gasteiger partial charge >= 0.3 is 0 Å². The Labute approximate surface area is 235 Å². The van der Waals surface area contributed by atoms with Gasteiger partial charge in [-0.2, -0.15) is 0 Å². The van der Waals surface area contributed by atoms with Crippen LogP contribution in [-0.2, 0) is 4.79 Å². The SMILES string of the molecule is CCOc1ccc(N2C(=O)C(O)=C(C(=O)c3sc(-c4ccccc4)nc3C)C2c2ccc(O)c(OCC)c2)cc1. The minimum Gasteiger partial charge on any atom is -0.504 e. The number of aryl methyl sites for hydroxylation is 1. The molecule has 40 heavy (non-hydrogen) atoms. The molecule has 1 atom stereocenters. The molecule has 204 valence electrons. The van der Waals surface area contributed by atoms with Gasteiger partial charge in [-0.05, 0) is 62.7 Å². The highest BCUT2D eigenvalue weighted by molar-refractivity contribution is 7.17. The fourth-order valence-corrected chi connectivity index (χ4v) is 5.72. The molecular formula is C31H28N2O6S. The Hall–Kier alpha value is -4.63. The largest absolute Gasteiger partial charge is 0.504 e. The minimum atomic E-state index is -0.987. The van der Waals surface area contributed by atoms with Crippen molar-refractivity contribution in [3.05, 3.63) is 100 Å². The number of hydrogen-bond acceptors (Lipinski definition) is 8. The van der Waals surface area contributed by atoms with Crippen LogP contribution in [0, 0.1) is 6.92 Å². The third-order valence-electron chi connectivity index (χ3n) is 6.50. The molecule has 4 aromatic rings. The number of Topliss-reactive ketones (excluding diaryl/α,β-unsaturated/α-hetero) is 1. The highest BCUT2D eigenvalue weighted by Gasteiger charge is 2.45. The Kier molecular flexibility index (Phi) is 7.57. The summed E-state index contributed by atoms with van der Waals surface area (Å²) in [7, 11) is 0. The first kappa shape index (κ1) is 27.0. The molecule has 2 heterocycles. The van der Waals surface area contributed by atoms with Gasteiger partial charge in [-0.1, -0.05) is 36.4 Å². The number of amides is 1. The molecule has 1 amide bonds. The fourth-order valence-electron chi connectivity index (χ4n) is 4.69. The van der Waals surface area contributed by atoms with Crippen LogP contribution in [0.4, 0.5) is 5.69 Å². The van der Waals surface area contributed by atoms with E-state index in [0.717, 1.165) is 5.56 Å². The maximum atomic E-state index is 14.1. The number of aliphatic hydroxyl groups is 1. The van der Waals surface area contributed by atoms with Crippen molar-refractivity contribution in [1.29, 1.82) is 0 Å². The van der Waals surface area contributed by atoms with Crippen LogP contribution in [0.1, 0.15) is 40.8 Å². The molecule has 0 fully saturated rings. The van der Waals surface area contributed by atoms with Crippen LogP contribution >= 0.6 is 11.3 Å². The smallest absolute Gasteiger partial charge is 0.294 e. The average Bonchev–Trinajstić information content (AvgIpc) is 3.48. The molecule has 1 aliphatic heterocycles. The van der Waals surface area contributed by atoms with Crippen LogP contribution in [0.3, 0.4) is 0 Å². The summed E-state index contributed by atoms with van der Waals surface area (Å²) in [6.07, 6.45) is 0. The van der Waals surface area contributed by atoms with Gasteiger partial charge in [-0.15, -0.1) is 11.3 Å². The first-order valence-electron chi connectivity index (χ1n) is 12.9. The predicted octanol–water partition coefficient (Wildman–Crippen LogP) is 6.40. The summed E-state index contributed by atoms with van der Waals surface area (Å²) >= 11 is 1.21. The monoisotopic (exact) mass is 556 g/mol. The van der Waals surface area contributed by atoms with Crippen molar-refractivity contribution in [1.82, 2.24) is 4.98 Å². The molecule has 1 aromatic heterocycles. The van der Waals surface area contributed by atoms with Gasteiger partial charge in [0, 0.05) is 11.3 Å². The summed E-state index contributed by atoms with van der Waals surface area (Å²) in [4.78, 5) is 34.0. The van der Waals surface area contributed by atoms with Crippen LogP contribution in [0.2, 0.25) is 0 Å². The number of carbonyl (C=O) groups is 2. The number of carbonyl (C=O) groups excluding carboxylic acids is 2. The summed E-state index contributed by atoms with van der Waals surface area (Å²) in [5.41, 5.74) is 2.24. The third kappa shape index (κ3) is 4.91. The first-order valence-corrected chi connectivity index (χ1v) is 13.7. The second-order valence-electron chi connectivity index (χ2n) is 9.06. The Morgan fingerprint density at radius 2 is 1.68 bits per heavy atom. The maximum absolute atomic E-state index is 14.1. The fraction of sp³-hybridized carbons (Fsp3) is 0.194. The number of phenols is 1. The van der Waals surface area contributed by atoms with Crippen molar-refractivity contribution < 1.29 is 29.3 Å². The highest BCUT2D eigenvalue weighted by atomic mass is 32.1. The first-order chi connectivity index (χ1) is 19.3. The molecule has 5 rings (SSSR count). The van der Waals surface area contributed by atoms with E-state index in [1.54, 1.807) is 50.2 Å². The van der Waals surface area contributed by atoms with Gasteiger partial charge in [0.1, 0.15) is 10.8 Å². The van der Waals surface area contributed by atoms with Crippen LogP contribution < -0.4 is 14.4 Å².